The molecule has 3 N–H and O–H groups in total. The second-order valence-corrected chi connectivity index (χ2v) is 7.13. The normalized spacial score (nSPS) is 15.2. The third-order valence-corrected chi connectivity index (χ3v) is 4.69. The van der Waals surface area contributed by atoms with Gasteiger partial charge in [-0.1, -0.05) is 29.8 Å². The predicted octanol–water partition coefficient (Wildman–Crippen LogP) is 2.22. The van der Waals surface area contributed by atoms with Crippen LogP contribution in [0.5, 0.6) is 11.5 Å². The van der Waals surface area contributed by atoms with Crippen LogP contribution in [0, 0.1) is 0 Å². The maximum absolute atomic E-state index is 12.5. The van der Waals surface area contributed by atoms with E-state index in [9.17, 15) is 14.4 Å². The highest BCUT2D eigenvalue weighted by atomic mass is 35.5. The summed E-state index contributed by atoms with van der Waals surface area (Å²) in [4.78, 5) is 38.0. The Hall–Kier alpha value is -3.52. The van der Waals surface area contributed by atoms with Gasteiger partial charge < -0.3 is 25.1 Å². The molecule has 4 rings (SSSR count). The number of H-pyrrole nitrogens is 1. The highest BCUT2D eigenvalue weighted by Gasteiger charge is 2.27. The SMILES string of the molecule is O=C1C[C@H](Oc2cc(Cl)cc(OCCNC(=O)c3cc(=O)[nH]c4ccccc34)c2)N1. The smallest absolute Gasteiger partial charge is 0.252 e. The van der Waals surface area contributed by atoms with Crippen LogP contribution in [0.4, 0.5) is 0 Å². The van der Waals surface area contributed by atoms with Gasteiger partial charge in [-0.3, -0.25) is 14.4 Å². The monoisotopic (exact) mass is 427 g/mol. The lowest BCUT2D eigenvalue weighted by Gasteiger charge is -2.27. The van der Waals surface area contributed by atoms with Gasteiger partial charge in [-0.2, -0.15) is 0 Å². The first-order chi connectivity index (χ1) is 14.5. The van der Waals surface area contributed by atoms with Gasteiger partial charge >= 0.3 is 0 Å². The van der Waals surface area contributed by atoms with Crippen molar-refractivity contribution in [2.24, 2.45) is 0 Å². The number of benzene rings is 2. The van der Waals surface area contributed by atoms with Crippen molar-refractivity contribution in [2.75, 3.05) is 13.2 Å². The van der Waals surface area contributed by atoms with Crippen LogP contribution in [-0.2, 0) is 4.79 Å². The number of rotatable bonds is 7. The van der Waals surface area contributed by atoms with Gasteiger partial charge in [-0.05, 0) is 18.2 Å². The molecule has 2 amide bonds. The van der Waals surface area contributed by atoms with Crippen LogP contribution in [0.25, 0.3) is 10.9 Å². The lowest BCUT2D eigenvalue weighted by molar-refractivity contribution is -0.134. The highest BCUT2D eigenvalue weighted by Crippen LogP contribution is 2.27. The second-order valence-electron chi connectivity index (χ2n) is 6.70. The molecule has 1 atom stereocenters. The number of amides is 2. The second kappa shape index (κ2) is 8.46. The number of halogens is 1. The number of β-lactam (4-membered cyclic amide) rings is 1. The molecule has 0 radical (unpaired) electrons. The topological polar surface area (TPSA) is 110 Å². The zero-order valence-corrected chi connectivity index (χ0v) is 16.5. The predicted molar refractivity (Wildman–Crippen MR) is 111 cm³/mol. The van der Waals surface area contributed by atoms with Crippen molar-refractivity contribution in [1.82, 2.24) is 15.6 Å². The standard InChI is InChI=1S/C21H18ClN3O5/c22-12-7-13(9-14(8-12)30-20-11-19(27)25-20)29-6-5-23-21(28)16-10-18(26)24-17-4-2-1-3-15(16)17/h1-4,7-10,20H,5-6,11H2,(H,23,28)(H,24,26)(H,25,27)/t20-/m0/s1. The highest BCUT2D eigenvalue weighted by molar-refractivity contribution is 6.30. The summed E-state index contributed by atoms with van der Waals surface area (Å²) in [6.07, 6.45) is -0.0712. The molecule has 2 heterocycles. The molecular weight excluding hydrogens is 410 g/mol. The van der Waals surface area contributed by atoms with E-state index in [1.165, 1.54) is 6.07 Å². The Morgan fingerprint density at radius 2 is 1.90 bits per heavy atom. The van der Waals surface area contributed by atoms with E-state index in [-0.39, 0.29) is 36.8 Å². The van der Waals surface area contributed by atoms with E-state index in [4.69, 9.17) is 21.1 Å². The van der Waals surface area contributed by atoms with Gasteiger partial charge in [0.05, 0.1) is 18.5 Å². The molecular formula is C21H18ClN3O5. The first-order valence-electron chi connectivity index (χ1n) is 9.27. The number of hydrogen-bond acceptors (Lipinski definition) is 5. The number of carbonyl (C=O) groups excluding carboxylic acids is 2. The van der Waals surface area contributed by atoms with Gasteiger partial charge in [0.1, 0.15) is 18.1 Å². The fourth-order valence-electron chi connectivity index (χ4n) is 3.07. The Bertz CT molecular complexity index is 1170. The average molecular weight is 428 g/mol. The summed E-state index contributed by atoms with van der Waals surface area (Å²) in [6.45, 7) is 0.411. The Morgan fingerprint density at radius 3 is 2.70 bits per heavy atom. The quantitative estimate of drug-likeness (QED) is 0.395. The Balaban J connectivity index is 1.34. The molecule has 1 aliphatic heterocycles. The Kier molecular flexibility index (Phi) is 5.58. The van der Waals surface area contributed by atoms with Crippen molar-refractivity contribution in [2.45, 2.75) is 12.6 Å². The summed E-state index contributed by atoms with van der Waals surface area (Å²) >= 11 is 6.09. The number of aromatic nitrogens is 1. The molecule has 0 spiro atoms. The van der Waals surface area contributed by atoms with Crippen molar-refractivity contribution >= 4 is 34.3 Å². The molecule has 0 aliphatic carbocycles. The van der Waals surface area contributed by atoms with E-state index in [1.54, 1.807) is 42.5 Å². The molecule has 3 aromatic rings. The van der Waals surface area contributed by atoms with Gasteiger partial charge in [0.15, 0.2) is 6.23 Å². The third kappa shape index (κ3) is 4.55. The molecule has 9 heteroatoms. The molecule has 154 valence electrons. The number of para-hydroxylation sites is 1. The van der Waals surface area contributed by atoms with E-state index >= 15 is 0 Å². The minimum absolute atomic E-state index is 0.0672. The van der Waals surface area contributed by atoms with Crippen molar-refractivity contribution < 1.29 is 19.1 Å². The van der Waals surface area contributed by atoms with Crippen molar-refractivity contribution in [3.05, 3.63) is 69.5 Å². The average Bonchev–Trinajstić information content (AvgIpc) is 2.69. The number of ether oxygens (including phenoxy) is 2. The summed E-state index contributed by atoms with van der Waals surface area (Å²) in [5, 5.41) is 6.44. The summed E-state index contributed by atoms with van der Waals surface area (Å²) in [5.41, 5.74) is 0.556. The molecule has 1 saturated heterocycles. The fraction of sp³-hybridized carbons (Fsp3) is 0.190. The van der Waals surface area contributed by atoms with E-state index in [0.29, 0.717) is 39.4 Å². The van der Waals surface area contributed by atoms with Crippen molar-refractivity contribution in [3.63, 3.8) is 0 Å². The molecule has 1 fully saturated rings. The number of pyridine rings is 1. The minimum Gasteiger partial charge on any atom is -0.492 e. The first kappa shape index (κ1) is 19.8. The van der Waals surface area contributed by atoms with E-state index < -0.39 is 0 Å². The Labute approximate surface area is 176 Å². The molecule has 8 nitrogen and oxygen atoms in total. The van der Waals surface area contributed by atoms with Crippen LogP contribution in [-0.4, -0.2) is 36.2 Å². The van der Waals surface area contributed by atoms with Gasteiger partial charge in [-0.15, -0.1) is 0 Å². The van der Waals surface area contributed by atoms with Crippen LogP contribution in [0.15, 0.2) is 53.3 Å². The number of nitrogens with one attached hydrogen (secondary N) is 3. The largest absolute Gasteiger partial charge is 0.492 e. The lowest BCUT2D eigenvalue weighted by Crippen LogP contribution is -2.51. The molecule has 1 aromatic heterocycles. The maximum atomic E-state index is 12.5. The number of aromatic amines is 1. The molecule has 1 aliphatic rings. The van der Waals surface area contributed by atoms with E-state index in [2.05, 4.69) is 15.6 Å². The maximum Gasteiger partial charge on any atom is 0.252 e. The zero-order valence-electron chi connectivity index (χ0n) is 15.7. The summed E-state index contributed by atoms with van der Waals surface area (Å²) in [6, 6.07) is 13.3. The van der Waals surface area contributed by atoms with Gasteiger partial charge in [0, 0.05) is 28.1 Å². The summed E-state index contributed by atoms with van der Waals surface area (Å²) in [7, 11) is 0. The first-order valence-corrected chi connectivity index (χ1v) is 9.65. The van der Waals surface area contributed by atoms with E-state index in [0.717, 1.165) is 0 Å². The fourth-order valence-corrected chi connectivity index (χ4v) is 3.29. The van der Waals surface area contributed by atoms with Gasteiger partial charge in [0.25, 0.3) is 5.91 Å². The summed E-state index contributed by atoms with van der Waals surface area (Å²) < 4.78 is 11.2. The van der Waals surface area contributed by atoms with Crippen LogP contribution >= 0.6 is 11.6 Å². The molecule has 0 saturated carbocycles. The van der Waals surface area contributed by atoms with Crippen LogP contribution < -0.4 is 25.7 Å². The van der Waals surface area contributed by atoms with Gasteiger partial charge in [0.2, 0.25) is 11.5 Å². The number of hydrogen-bond donors (Lipinski definition) is 3. The summed E-state index contributed by atoms with van der Waals surface area (Å²) in [5.74, 6) is 0.514. The third-order valence-electron chi connectivity index (χ3n) is 4.47. The number of carbonyl (C=O) groups is 2. The van der Waals surface area contributed by atoms with Crippen LogP contribution in [0.3, 0.4) is 0 Å². The molecule has 2 aromatic carbocycles. The molecule has 0 bridgehead atoms. The zero-order chi connectivity index (χ0) is 21.1. The molecule has 0 unspecified atom stereocenters. The minimum atomic E-state index is -0.369. The lowest BCUT2D eigenvalue weighted by atomic mass is 10.1. The van der Waals surface area contributed by atoms with E-state index in [1.807, 2.05) is 0 Å². The molecule has 30 heavy (non-hydrogen) atoms. The van der Waals surface area contributed by atoms with Gasteiger partial charge in [-0.25, -0.2) is 0 Å². The van der Waals surface area contributed by atoms with Crippen LogP contribution in [0.1, 0.15) is 16.8 Å². The van der Waals surface area contributed by atoms with Crippen molar-refractivity contribution in [1.29, 1.82) is 0 Å². The Morgan fingerprint density at radius 1 is 1.13 bits per heavy atom. The van der Waals surface area contributed by atoms with Crippen molar-refractivity contribution in [3.8, 4) is 11.5 Å². The van der Waals surface area contributed by atoms with Crippen LogP contribution in [0.2, 0.25) is 5.02 Å². The number of fused-ring (bicyclic) bond motifs is 1.